The molecule has 0 saturated heterocycles. The fraction of sp³-hybridized carbons (Fsp3) is 0.909. The molecular weight excluding hydrogens is 174 g/mol. The van der Waals surface area contributed by atoms with Crippen molar-refractivity contribution < 1.29 is 0 Å². The van der Waals surface area contributed by atoms with Gasteiger partial charge in [0.05, 0.1) is 17.9 Å². The number of rotatable bonds is 2. The summed E-state index contributed by atoms with van der Waals surface area (Å²) >= 11 is 0. The zero-order valence-corrected chi connectivity index (χ0v) is 9.24. The van der Waals surface area contributed by atoms with E-state index in [-0.39, 0.29) is 0 Å². The summed E-state index contributed by atoms with van der Waals surface area (Å²) in [7, 11) is 2.17. The third kappa shape index (κ3) is 1.65. The lowest BCUT2D eigenvalue weighted by molar-refractivity contribution is 0.211. The van der Waals surface area contributed by atoms with E-state index < -0.39 is 0 Å². The molecule has 1 aliphatic carbocycles. The van der Waals surface area contributed by atoms with Crippen LogP contribution < -0.4 is 5.73 Å². The molecule has 14 heavy (non-hydrogen) atoms. The van der Waals surface area contributed by atoms with Gasteiger partial charge in [0.2, 0.25) is 0 Å². The fourth-order valence-corrected chi connectivity index (χ4v) is 2.85. The van der Waals surface area contributed by atoms with Gasteiger partial charge in [-0.05, 0) is 45.1 Å². The highest BCUT2D eigenvalue weighted by molar-refractivity contribution is 5.81. The van der Waals surface area contributed by atoms with Gasteiger partial charge in [-0.2, -0.15) is 0 Å². The van der Waals surface area contributed by atoms with E-state index in [2.05, 4.69) is 18.9 Å². The standard InChI is InChI=1S/C11H21N3/c1-8-13-10-4-3-9(5-6-12)7-11(10)14(8)2/h9-11H,3-7,12H2,1-2H3. The summed E-state index contributed by atoms with van der Waals surface area (Å²) in [5.74, 6) is 2.05. The number of hydrogen-bond donors (Lipinski definition) is 1. The zero-order valence-electron chi connectivity index (χ0n) is 9.24. The Morgan fingerprint density at radius 2 is 2.29 bits per heavy atom. The van der Waals surface area contributed by atoms with Gasteiger partial charge in [0.25, 0.3) is 0 Å². The van der Waals surface area contributed by atoms with Gasteiger partial charge in [-0.15, -0.1) is 0 Å². The highest BCUT2D eigenvalue weighted by atomic mass is 15.3. The quantitative estimate of drug-likeness (QED) is 0.720. The van der Waals surface area contributed by atoms with Crippen molar-refractivity contribution in [3.05, 3.63) is 0 Å². The molecule has 2 aliphatic rings. The Morgan fingerprint density at radius 3 is 3.00 bits per heavy atom. The van der Waals surface area contributed by atoms with E-state index >= 15 is 0 Å². The Bertz CT molecular complexity index is 237. The molecule has 0 bridgehead atoms. The molecular formula is C11H21N3. The normalized spacial score (nSPS) is 36.9. The Labute approximate surface area is 86.4 Å². The van der Waals surface area contributed by atoms with Crippen LogP contribution in [0.3, 0.4) is 0 Å². The van der Waals surface area contributed by atoms with Gasteiger partial charge in [0.15, 0.2) is 0 Å². The molecule has 3 nitrogen and oxygen atoms in total. The van der Waals surface area contributed by atoms with Crippen LogP contribution in [0.5, 0.6) is 0 Å². The highest BCUT2D eigenvalue weighted by Gasteiger charge is 2.36. The van der Waals surface area contributed by atoms with E-state index in [0.29, 0.717) is 12.1 Å². The van der Waals surface area contributed by atoms with Crippen molar-refractivity contribution in [2.45, 2.75) is 44.7 Å². The van der Waals surface area contributed by atoms with Crippen LogP contribution in [0.4, 0.5) is 0 Å². The number of nitrogens with zero attached hydrogens (tertiary/aromatic N) is 2. The first-order chi connectivity index (χ1) is 6.72. The molecule has 0 aromatic heterocycles. The topological polar surface area (TPSA) is 41.6 Å². The average Bonchev–Trinajstić information content (AvgIpc) is 2.45. The minimum atomic E-state index is 0.578. The summed E-state index contributed by atoms with van der Waals surface area (Å²) in [6.07, 6.45) is 5.06. The summed E-state index contributed by atoms with van der Waals surface area (Å²) in [5.41, 5.74) is 5.62. The lowest BCUT2D eigenvalue weighted by Gasteiger charge is -2.34. The van der Waals surface area contributed by atoms with E-state index in [1.807, 2.05) is 0 Å². The second kappa shape index (κ2) is 3.89. The Morgan fingerprint density at radius 1 is 1.50 bits per heavy atom. The van der Waals surface area contributed by atoms with Crippen molar-refractivity contribution in [3.8, 4) is 0 Å². The molecule has 0 amide bonds. The van der Waals surface area contributed by atoms with Crippen molar-refractivity contribution >= 4 is 5.84 Å². The highest BCUT2D eigenvalue weighted by Crippen LogP contribution is 2.34. The van der Waals surface area contributed by atoms with E-state index in [9.17, 15) is 0 Å². The van der Waals surface area contributed by atoms with Crippen LogP contribution >= 0.6 is 0 Å². The molecule has 2 rings (SSSR count). The summed E-state index contributed by atoms with van der Waals surface area (Å²) in [6, 6.07) is 1.24. The lowest BCUT2D eigenvalue weighted by atomic mass is 9.81. The molecule has 1 fully saturated rings. The van der Waals surface area contributed by atoms with Crippen LogP contribution in [0.25, 0.3) is 0 Å². The number of hydrogen-bond acceptors (Lipinski definition) is 3. The van der Waals surface area contributed by atoms with Crippen molar-refractivity contribution in [3.63, 3.8) is 0 Å². The summed E-state index contributed by atoms with van der Waals surface area (Å²) in [4.78, 5) is 7.05. The maximum absolute atomic E-state index is 5.62. The maximum atomic E-state index is 5.62. The Kier molecular flexibility index (Phi) is 2.77. The van der Waals surface area contributed by atoms with Gasteiger partial charge in [0, 0.05) is 7.05 Å². The molecule has 3 atom stereocenters. The van der Waals surface area contributed by atoms with Crippen molar-refractivity contribution in [2.75, 3.05) is 13.6 Å². The first-order valence-electron chi connectivity index (χ1n) is 5.69. The van der Waals surface area contributed by atoms with Crippen LogP contribution in [0.2, 0.25) is 0 Å². The number of amidine groups is 1. The number of likely N-dealkylation sites (N-methyl/N-ethyl adjacent to an activating group) is 1. The summed E-state index contributed by atoms with van der Waals surface area (Å²) in [6.45, 7) is 2.96. The van der Waals surface area contributed by atoms with Crippen LogP contribution in [0.1, 0.15) is 32.6 Å². The summed E-state index contributed by atoms with van der Waals surface area (Å²) < 4.78 is 0. The van der Waals surface area contributed by atoms with Gasteiger partial charge in [0.1, 0.15) is 0 Å². The van der Waals surface area contributed by atoms with Crippen molar-refractivity contribution in [1.29, 1.82) is 0 Å². The SMILES string of the molecule is CC1=NC2CCC(CCN)CC2N1C. The molecule has 0 spiro atoms. The van der Waals surface area contributed by atoms with Crippen LogP contribution in [0, 0.1) is 5.92 Å². The van der Waals surface area contributed by atoms with Crippen LogP contribution in [-0.2, 0) is 0 Å². The fourth-order valence-electron chi connectivity index (χ4n) is 2.85. The first kappa shape index (κ1) is 9.97. The predicted molar refractivity (Wildman–Crippen MR) is 59.5 cm³/mol. The molecule has 1 aliphatic heterocycles. The molecule has 1 heterocycles. The van der Waals surface area contributed by atoms with E-state index in [4.69, 9.17) is 10.7 Å². The molecule has 1 saturated carbocycles. The number of nitrogens with two attached hydrogens (primary N) is 1. The largest absolute Gasteiger partial charge is 0.359 e. The van der Waals surface area contributed by atoms with Gasteiger partial charge in [-0.1, -0.05) is 0 Å². The maximum Gasteiger partial charge on any atom is 0.0962 e. The van der Waals surface area contributed by atoms with Crippen LogP contribution in [-0.4, -0.2) is 36.4 Å². The second-order valence-corrected chi connectivity index (χ2v) is 4.68. The van der Waals surface area contributed by atoms with Crippen molar-refractivity contribution in [1.82, 2.24) is 4.90 Å². The van der Waals surface area contributed by atoms with Gasteiger partial charge in [-0.25, -0.2) is 0 Å². The molecule has 0 aromatic carbocycles. The van der Waals surface area contributed by atoms with E-state index in [0.717, 1.165) is 12.5 Å². The monoisotopic (exact) mass is 195 g/mol. The van der Waals surface area contributed by atoms with Crippen molar-refractivity contribution in [2.24, 2.45) is 16.6 Å². The summed E-state index contributed by atoms with van der Waals surface area (Å²) in [5, 5.41) is 0. The molecule has 80 valence electrons. The molecule has 3 heteroatoms. The predicted octanol–water partition coefficient (Wildman–Crippen LogP) is 1.24. The molecule has 2 N–H and O–H groups in total. The van der Waals surface area contributed by atoms with Gasteiger partial charge >= 0.3 is 0 Å². The Balaban J connectivity index is 1.98. The van der Waals surface area contributed by atoms with Gasteiger partial charge in [-0.3, -0.25) is 4.99 Å². The number of aliphatic imine (C=N–C) groups is 1. The molecule has 0 aromatic rings. The zero-order chi connectivity index (χ0) is 10.1. The third-order valence-corrected chi connectivity index (χ3v) is 3.83. The van der Waals surface area contributed by atoms with E-state index in [1.165, 1.54) is 31.5 Å². The Hall–Kier alpha value is -0.570. The number of fused-ring (bicyclic) bond motifs is 1. The first-order valence-corrected chi connectivity index (χ1v) is 5.69. The average molecular weight is 195 g/mol. The minimum Gasteiger partial charge on any atom is -0.359 e. The smallest absolute Gasteiger partial charge is 0.0962 e. The third-order valence-electron chi connectivity index (χ3n) is 3.83. The van der Waals surface area contributed by atoms with Gasteiger partial charge < -0.3 is 10.6 Å². The molecule has 3 unspecified atom stereocenters. The van der Waals surface area contributed by atoms with E-state index in [1.54, 1.807) is 0 Å². The lowest BCUT2D eigenvalue weighted by Crippen LogP contribution is -2.40. The molecule has 0 radical (unpaired) electrons. The minimum absolute atomic E-state index is 0.578. The second-order valence-electron chi connectivity index (χ2n) is 4.68. The van der Waals surface area contributed by atoms with Crippen LogP contribution in [0.15, 0.2) is 4.99 Å².